The number of aromatic nitrogens is 1. The summed E-state index contributed by atoms with van der Waals surface area (Å²) in [6.45, 7) is 8.73. The van der Waals surface area contributed by atoms with Crippen LogP contribution in [0.3, 0.4) is 0 Å². The Labute approximate surface area is 201 Å². The van der Waals surface area contributed by atoms with E-state index in [0.29, 0.717) is 13.1 Å². The molecule has 7 heteroatoms. The van der Waals surface area contributed by atoms with Gasteiger partial charge >= 0.3 is 0 Å². The van der Waals surface area contributed by atoms with E-state index >= 15 is 0 Å². The van der Waals surface area contributed by atoms with Crippen LogP contribution in [0.5, 0.6) is 0 Å². The first-order chi connectivity index (χ1) is 16.0. The Morgan fingerprint density at radius 3 is 2.67 bits per heavy atom. The van der Waals surface area contributed by atoms with Crippen LogP contribution in [-0.4, -0.2) is 63.9 Å². The Bertz CT molecular complexity index is 999. The molecule has 2 aromatic heterocycles. The maximum atomic E-state index is 13.8. The van der Waals surface area contributed by atoms with Crippen LogP contribution in [0, 0.1) is 5.92 Å². The number of nitrogens with zero attached hydrogens (tertiary/aromatic N) is 3. The van der Waals surface area contributed by atoms with E-state index in [0.717, 1.165) is 73.6 Å². The second-order valence-electron chi connectivity index (χ2n) is 10.7. The zero-order chi connectivity index (χ0) is 23.0. The molecule has 1 saturated heterocycles. The Kier molecular flexibility index (Phi) is 6.54. The summed E-state index contributed by atoms with van der Waals surface area (Å²) in [5, 5.41) is 5.41. The molecule has 3 aliphatic rings. The van der Waals surface area contributed by atoms with Crippen molar-refractivity contribution < 1.29 is 9.59 Å². The first kappa shape index (κ1) is 22.9. The second kappa shape index (κ2) is 9.41. The number of piperidine rings is 1. The molecule has 1 aliphatic carbocycles. The van der Waals surface area contributed by atoms with Gasteiger partial charge in [-0.1, -0.05) is 13.3 Å². The monoisotopic (exact) mass is 470 g/mol. The SMILES string of the molecule is CC1CCC(NC(=O)C2(C)Cn3c(cc4sccc43)C(=O)N2CCCN2CCCCC2)CC1. The van der Waals surface area contributed by atoms with Crippen molar-refractivity contribution in [1.82, 2.24) is 19.7 Å². The molecule has 1 saturated carbocycles. The molecule has 0 aromatic carbocycles. The van der Waals surface area contributed by atoms with Crippen molar-refractivity contribution in [2.75, 3.05) is 26.2 Å². The Morgan fingerprint density at radius 2 is 1.91 bits per heavy atom. The van der Waals surface area contributed by atoms with E-state index in [4.69, 9.17) is 0 Å². The first-order valence-electron chi connectivity index (χ1n) is 12.9. The van der Waals surface area contributed by atoms with Crippen LogP contribution in [0.2, 0.25) is 0 Å². The quantitative estimate of drug-likeness (QED) is 0.677. The fourth-order valence-electron chi connectivity index (χ4n) is 6.00. The van der Waals surface area contributed by atoms with Crippen LogP contribution in [0.15, 0.2) is 17.5 Å². The number of fused-ring (bicyclic) bond motifs is 3. The van der Waals surface area contributed by atoms with Gasteiger partial charge in [-0.05, 0) is 94.9 Å². The van der Waals surface area contributed by atoms with Crippen molar-refractivity contribution in [1.29, 1.82) is 0 Å². The maximum Gasteiger partial charge on any atom is 0.271 e. The molecule has 0 radical (unpaired) electrons. The Morgan fingerprint density at radius 1 is 1.15 bits per heavy atom. The van der Waals surface area contributed by atoms with Crippen molar-refractivity contribution in [3.05, 3.63) is 23.2 Å². The standard InChI is InChI=1S/C26H38N4O2S/c1-19-7-9-20(10-8-19)27-25(32)26(2)18-29-21-11-16-33-23(21)17-22(29)24(31)30(26)15-6-14-28-12-4-3-5-13-28/h11,16-17,19-20H,3-10,12-15,18H2,1-2H3,(H,27,32). The summed E-state index contributed by atoms with van der Waals surface area (Å²) in [4.78, 5) is 31.9. The van der Waals surface area contributed by atoms with Gasteiger partial charge in [-0.15, -0.1) is 11.3 Å². The highest BCUT2D eigenvalue weighted by Crippen LogP contribution is 2.35. The lowest BCUT2D eigenvalue weighted by Crippen LogP contribution is -2.65. The molecule has 1 N–H and O–H groups in total. The summed E-state index contributed by atoms with van der Waals surface area (Å²) in [7, 11) is 0. The van der Waals surface area contributed by atoms with Crippen LogP contribution in [0.1, 0.15) is 75.7 Å². The van der Waals surface area contributed by atoms with Gasteiger partial charge in [-0.25, -0.2) is 0 Å². The minimum absolute atomic E-state index is 0.00166. The van der Waals surface area contributed by atoms with Crippen LogP contribution < -0.4 is 5.32 Å². The topological polar surface area (TPSA) is 57.6 Å². The number of likely N-dealkylation sites (tertiary alicyclic amines) is 1. The number of hydrogen-bond donors (Lipinski definition) is 1. The van der Waals surface area contributed by atoms with Crippen molar-refractivity contribution in [3.63, 3.8) is 0 Å². The molecule has 1 unspecified atom stereocenters. The van der Waals surface area contributed by atoms with E-state index in [1.807, 2.05) is 17.9 Å². The first-order valence-corrected chi connectivity index (χ1v) is 13.8. The molecule has 180 valence electrons. The molecule has 2 fully saturated rings. The second-order valence-corrected chi connectivity index (χ2v) is 11.7. The summed E-state index contributed by atoms with van der Waals surface area (Å²) < 4.78 is 3.20. The van der Waals surface area contributed by atoms with Gasteiger partial charge in [0.05, 0.1) is 16.8 Å². The number of hydrogen-bond acceptors (Lipinski definition) is 4. The minimum Gasteiger partial charge on any atom is -0.351 e. The molecular formula is C26H38N4O2S. The van der Waals surface area contributed by atoms with Crippen molar-refractivity contribution in [2.24, 2.45) is 5.92 Å². The summed E-state index contributed by atoms with van der Waals surface area (Å²) in [6.07, 6.45) is 9.18. The van der Waals surface area contributed by atoms with E-state index < -0.39 is 5.54 Å². The van der Waals surface area contributed by atoms with Gasteiger partial charge in [0.1, 0.15) is 11.2 Å². The molecule has 2 aromatic rings. The third-order valence-corrected chi connectivity index (χ3v) is 9.05. The lowest BCUT2D eigenvalue weighted by molar-refractivity contribution is -0.133. The summed E-state index contributed by atoms with van der Waals surface area (Å²) in [5.74, 6) is 0.750. The van der Waals surface area contributed by atoms with Crippen LogP contribution in [0.25, 0.3) is 10.2 Å². The molecule has 6 nitrogen and oxygen atoms in total. The van der Waals surface area contributed by atoms with E-state index in [-0.39, 0.29) is 17.9 Å². The number of carbonyl (C=O) groups is 2. The Balaban J connectivity index is 1.37. The predicted molar refractivity (Wildman–Crippen MR) is 134 cm³/mol. The number of amides is 2. The number of nitrogens with one attached hydrogen (secondary N) is 1. The molecule has 33 heavy (non-hydrogen) atoms. The molecule has 0 bridgehead atoms. The molecule has 2 amide bonds. The van der Waals surface area contributed by atoms with Crippen molar-refractivity contribution in [3.8, 4) is 0 Å². The number of thiophene rings is 1. The molecule has 1 atom stereocenters. The summed E-state index contributed by atoms with van der Waals surface area (Å²) in [6, 6.07) is 4.31. The van der Waals surface area contributed by atoms with Crippen LogP contribution in [-0.2, 0) is 11.3 Å². The zero-order valence-electron chi connectivity index (χ0n) is 20.1. The molecule has 5 rings (SSSR count). The zero-order valence-corrected chi connectivity index (χ0v) is 21.0. The van der Waals surface area contributed by atoms with Gasteiger partial charge in [0.2, 0.25) is 5.91 Å². The molecule has 4 heterocycles. The normalized spacial score (nSPS) is 28.8. The molecule has 0 spiro atoms. The lowest BCUT2D eigenvalue weighted by Gasteiger charge is -2.45. The highest BCUT2D eigenvalue weighted by atomic mass is 32.1. The van der Waals surface area contributed by atoms with Gasteiger partial charge in [-0.2, -0.15) is 0 Å². The van der Waals surface area contributed by atoms with Crippen molar-refractivity contribution >= 4 is 33.4 Å². The highest BCUT2D eigenvalue weighted by molar-refractivity contribution is 7.17. The van der Waals surface area contributed by atoms with Gasteiger partial charge in [0, 0.05) is 12.6 Å². The summed E-state index contributed by atoms with van der Waals surface area (Å²) >= 11 is 1.66. The van der Waals surface area contributed by atoms with Crippen LogP contribution >= 0.6 is 11.3 Å². The minimum atomic E-state index is -0.872. The highest BCUT2D eigenvalue weighted by Gasteiger charge is 2.48. The maximum absolute atomic E-state index is 13.8. The molecular weight excluding hydrogens is 432 g/mol. The number of rotatable bonds is 6. The van der Waals surface area contributed by atoms with Gasteiger partial charge in [0.25, 0.3) is 5.91 Å². The third-order valence-electron chi connectivity index (χ3n) is 8.19. The van der Waals surface area contributed by atoms with E-state index in [2.05, 4.69) is 33.2 Å². The largest absolute Gasteiger partial charge is 0.351 e. The van der Waals surface area contributed by atoms with E-state index in [1.54, 1.807) is 11.3 Å². The molecule has 2 aliphatic heterocycles. The predicted octanol–water partition coefficient (Wildman–Crippen LogP) is 4.49. The Hall–Kier alpha value is -1.86. The van der Waals surface area contributed by atoms with Gasteiger partial charge < -0.3 is 19.7 Å². The third kappa shape index (κ3) is 4.46. The fourth-order valence-corrected chi connectivity index (χ4v) is 6.83. The average Bonchev–Trinajstić information content (AvgIpc) is 3.41. The van der Waals surface area contributed by atoms with E-state index in [9.17, 15) is 9.59 Å². The number of carbonyl (C=O) groups excluding carboxylic acids is 2. The van der Waals surface area contributed by atoms with E-state index in [1.165, 1.54) is 19.3 Å². The van der Waals surface area contributed by atoms with Crippen molar-refractivity contribution in [2.45, 2.75) is 83.3 Å². The lowest BCUT2D eigenvalue weighted by atomic mass is 9.86. The summed E-state index contributed by atoms with van der Waals surface area (Å²) in [5.41, 5.74) is 0.927. The van der Waals surface area contributed by atoms with Crippen LogP contribution in [0.4, 0.5) is 0 Å². The smallest absolute Gasteiger partial charge is 0.271 e. The van der Waals surface area contributed by atoms with Gasteiger partial charge in [-0.3, -0.25) is 9.59 Å². The average molecular weight is 471 g/mol. The fraction of sp³-hybridized carbons (Fsp3) is 0.692. The van der Waals surface area contributed by atoms with Gasteiger partial charge in [0.15, 0.2) is 0 Å².